The number of sulfone groups is 1. The molecule has 1 saturated heterocycles. The predicted octanol–water partition coefficient (Wildman–Crippen LogP) is 2.30. The van der Waals surface area contributed by atoms with Gasteiger partial charge in [0.1, 0.15) is 5.60 Å². The van der Waals surface area contributed by atoms with Gasteiger partial charge in [-0.1, -0.05) is 0 Å². The van der Waals surface area contributed by atoms with Crippen molar-refractivity contribution in [3.8, 4) is 0 Å². The van der Waals surface area contributed by atoms with Gasteiger partial charge in [-0.05, 0) is 51.3 Å². The summed E-state index contributed by atoms with van der Waals surface area (Å²) in [4.78, 5) is 21.0. The van der Waals surface area contributed by atoms with Gasteiger partial charge < -0.3 is 9.64 Å². The summed E-state index contributed by atoms with van der Waals surface area (Å²) in [5, 5.41) is -0.964. The molecule has 128 valence electrons. The van der Waals surface area contributed by atoms with Crippen LogP contribution in [0.1, 0.15) is 33.6 Å². The summed E-state index contributed by atoms with van der Waals surface area (Å²) in [6.45, 7) is 5.87. The lowest BCUT2D eigenvalue weighted by Gasteiger charge is -2.33. The molecular weight excluding hydrogens is 342 g/mol. The normalized spacial score (nSPS) is 19.5. The second-order valence-corrected chi connectivity index (χ2v) is 8.91. The second-order valence-electron chi connectivity index (χ2n) is 6.40. The molecule has 23 heavy (non-hydrogen) atoms. The standard InChI is InChI=1S/C14H20ClN3O4S/c1-14(2,3)22-13(19)18-8-4-5-10(9-18)23(20,21)11-6-7-16-12(15)17-11/h6-7,10H,4-5,8-9H2,1-3H3. The molecule has 0 saturated carbocycles. The van der Waals surface area contributed by atoms with Crippen molar-refractivity contribution in [2.45, 2.75) is 49.5 Å². The van der Waals surface area contributed by atoms with Gasteiger partial charge in [0.05, 0.1) is 5.25 Å². The van der Waals surface area contributed by atoms with E-state index in [1.807, 2.05) is 0 Å². The monoisotopic (exact) mass is 361 g/mol. The predicted molar refractivity (Wildman–Crippen MR) is 85.1 cm³/mol. The maximum Gasteiger partial charge on any atom is 0.410 e. The van der Waals surface area contributed by atoms with E-state index in [9.17, 15) is 13.2 Å². The lowest BCUT2D eigenvalue weighted by Crippen LogP contribution is -2.47. The Kier molecular flexibility index (Phi) is 5.15. The van der Waals surface area contributed by atoms with E-state index < -0.39 is 26.8 Å². The van der Waals surface area contributed by atoms with Crippen molar-refractivity contribution < 1.29 is 17.9 Å². The average Bonchev–Trinajstić information content (AvgIpc) is 2.45. The van der Waals surface area contributed by atoms with E-state index >= 15 is 0 Å². The van der Waals surface area contributed by atoms with E-state index in [4.69, 9.17) is 16.3 Å². The Hall–Kier alpha value is -1.41. The SMILES string of the molecule is CC(C)(C)OC(=O)N1CCCC(S(=O)(=O)c2ccnc(Cl)n2)C1. The number of aromatic nitrogens is 2. The van der Waals surface area contributed by atoms with E-state index in [-0.39, 0.29) is 16.9 Å². The van der Waals surface area contributed by atoms with Gasteiger partial charge in [-0.25, -0.2) is 23.2 Å². The van der Waals surface area contributed by atoms with Gasteiger partial charge in [0.15, 0.2) is 14.9 Å². The minimum Gasteiger partial charge on any atom is -0.444 e. The van der Waals surface area contributed by atoms with Gasteiger partial charge >= 0.3 is 6.09 Å². The molecule has 1 unspecified atom stereocenters. The first kappa shape index (κ1) is 17.9. The number of piperidine rings is 1. The fraction of sp³-hybridized carbons (Fsp3) is 0.643. The zero-order valence-electron chi connectivity index (χ0n) is 13.3. The van der Waals surface area contributed by atoms with Crippen LogP contribution >= 0.6 is 11.6 Å². The number of likely N-dealkylation sites (tertiary alicyclic amines) is 1. The molecule has 7 nitrogen and oxygen atoms in total. The molecule has 1 aromatic heterocycles. The molecule has 1 aliphatic rings. The number of carbonyl (C=O) groups is 1. The first-order chi connectivity index (χ1) is 10.6. The Morgan fingerprint density at radius 3 is 2.74 bits per heavy atom. The number of halogens is 1. The molecule has 0 bridgehead atoms. The summed E-state index contributed by atoms with van der Waals surface area (Å²) in [6, 6.07) is 1.31. The summed E-state index contributed by atoms with van der Waals surface area (Å²) < 4.78 is 30.6. The van der Waals surface area contributed by atoms with E-state index in [0.29, 0.717) is 19.4 Å². The molecule has 1 aliphatic heterocycles. The topological polar surface area (TPSA) is 89.5 Å². The van der Waals surface area contributed by atoms with E-state index in [2.05, 4.69) is 9.97 Å². The van der Waals surface area contributed by atoms with Crippen LogP contribution in [0.4, 0.5) is 4.79 Å². The quantitative estimate of drug-likeness (QED) is 0.593. The number of nitrogens with zero attached hydrogens (tertiary/aromatic N) is 3. The number of hydrogen-bond acceptors (Lipinski definition) is 6. The third-order valence-electron chi connectivity index (χ3n) is 3.36. The highest BCUT2D eigenvalue weighted by molar-refractivity contribution is 7.92. The second kappa shape index (κ2) is 6.60. The van der Waals surface area contributed by atoms with Gasteiger partial charge in [-0.3, -0.25) is 0 Å². The number of carbonyl (C=O) groups excluding carboxylic acids is 1. The first-order valence-corrected chi connectivity index (χ1v) is 9.22. The molecule has 0 aromatic carbocycles. The Balaban J connectivity index is 2.16. The number of amides is 1. The molecule has 1 fully saturated rings. The summed E-state index contributed by atoms with van der Waals surface area (Å²) in [6.07, 6.45) is 1.85. The summed E-state index contributed by atoms with van der Waals surface area (Å²) in [5.41, 5.74) is -0.622. The van der Waals surface area contributed by atoms with Gasteiger partial charge in [-0.2, -0.15) is 0 Å². The third kappa shape index (κ3) is 4.54. The molecule has 2 heterocycles. The van der Waals surface area contributed by atoms with Gasteiger partial charge in [0, 0.05) is 19.3 Å². The minimum absolute atomic E-state index is 0.0822. The van der Waals surface area contributed by atoms with Crippen LogP contribution in [0.3, 0.4) is 0 Å². The molecule has 0 aliphatic carbocycles. The lowest BCUT2D eigenvalue weighted by atomic mass is 10.1. The maximum atomic E-state index is 12.7. The van der Waals surface area contributed by atoms with Crippen molar-refractivity contribution in [2.75, 3.05) is 13.1 Å². The number of ether oxygens (including phenoxy) is 1. The maximum absolute atomic E-state index is 12.7. The van der Waals surface area contributed by atoms with Crippen LogP contribution in [0.15, 0.2) is 17.3 Å². The highest BCUT2D eigenvalue weighted by Gasteiger charge is 2.36. The molecule has 0 N–H and O–H groups in total. The summed E-state index contributed by atoms with van der Waals surface area (Å²) in [7, 11) is -3.68. The average molecular weight is 362 g/mol. The van der Waals surface area contributed by atoms with Crippen LogP contribution in [0.25, 0.3) is 0 Å². The van der Waals surface area contributed by atoms with Crippen molar-refractivity contribution in [1.82, 2.24) is 14.9 Å². The molecule has 1 atom stereocenters. The largest absolute Gasteiger partial charge is 0.444 e. The molecule has 0 radical (unpaired) electrons. The van der Waals surface area contributed by atoms with Crippen LogP contribution in [0.2, 0.25) is 5.28 Å². The molecule has 0 spiro atoms. The highest BCUT2D eigenvalue weighted by Crippen LogP contribution is 2.24. The van der Waals surface area contributed by atoms with Crippen molar-refractivity contribution in [1.29, 1.82) is 0 Å². The van der Waals surface area contributed by atoms with Gasteiger partial charge in [0.25, 0.3) is 0 Å². The molecular formula is C14H20ClN3O4S. The van der Waals surface area contributed by atoms with Crippen LogP contribution in [-0.2, 0) is 14.6 Å². The molecule has 1 amide bonds. The van der Waals surface area contributed by atoms with Crippen molar-refractivity contribution in [3.05, 3.63) is 17.5 Å². The minimum atomic E-state index is -3.68. The van der Waals surface area contributed by atoms with E-state index in [1.54, 1.807) is 20.8 Å². The van der Waals surface area contributed by atoms with Crippen LogP contribution in [-0.4, -0.2) is 53.3 Å². The van der Waals surface area contributed by atoms with Crippen molar-refractivity contribution in [2.24, 2.45) is 0 Å². The zero-order chi connectivity index (χ0) is 17.3. The highest BCUT2D eigenvalue weighted by atomic mass is 35.5. The van der Waals surface area contributed by atoms with Crippen LogP contribution in [0.5, 0.6) is 0 Å². The fourth-order valence-electron chi connectivity index (χ4n) is 2.33. The smallest absolute Gasteiger partial charge is 0.410 e. The summed E-state index contributed by atoms with van der Waals surface area (Å²) >= 11 is 5.67. The Morgan fingerprint density at radius 2 is 2.13 bits per heavy atom. The molecule has 1 aromatic rings. The van der Waals surface area contributed by atoms with Crippen molar-refractivity contribution in [3.63, 3.8) is 0 Å². The first-order valence-electron chi connectivity index (χ1n) is 7.30. The summed E-state index contributed by atoms with van der Waals surface area (Å²) in [5.74, 6) is 0. The van der Waals surface area contributed by atoms with E-state index in [1.165, 1.54) is 17.2 Å². The Bertz CT molecular complexity index is 688. The number of rotatable bonds is 2. The van der Waals surface area contributed by atoms with Crippen LogP contribution in [0, 0.1) is 0 Å². The zero-order valence-corrected chi connectivity index (χ0v) is 14.9. The lowest BCUT2D eigenvalue weighted by molar-refractivity contribution is 0.0219. The number of hydrogen-bond donors (Lipinski definition) is 0. The van der Waals surface area contributed by atoms with Crippen molar-refractivity contribution >= 4 is 27.5 Å². The van der Waals surface area contributed by atoms with Gasteiger partial charge in [-0.15, -0.1) is 0 Å². The van der Waals surface area contributed by atoms with Gasteiger partial charge in [0.2, 0.25) is 5.28 Å². The van der Waals surface area contributed by atoms with Crippen LogP contribution < -0.4 is 0 Å². The fourth-order valence-corrected chi connectivity index (χ4v) is 4.19. The third-order valence-corrected chi connectivity index (χ3v) is 5.62. The Morgan fingerprint density at radius 1 is 1.43 bits per heavy atom. The molecule has 9 heteroatoms. The Labute approximate surface area is 140 Å². The molecule has 2 rings (SSSR count). The van der Waals surface area contributed by atoms with E-state index in [0.717, 1.165) is 0 Å².